The van der Waals surface area contributed by atoms with E-state index in [1.54, 1.807) is 13.8 Å². The first-order valence-corrected chi connectivity index (χ1v) is 6.03. The Morgan fingerprint density at radius 2 is 1.57 bits per heavy atom. The number of carbonyl (C=O) groups is 2. The minimum atomic E-state index is -0.375. The van der Waals surface area contributed by atoms with Crippen LogP contribution in [0.25, 0.3) is 0 Å². The topological polar surface area (TPSA) is 107 Å². The Morgan fingerprint density at radius 3 is 1.90 bits per heavy atom. The molecule has 5 N–H and O–H groups in total. The highest BCUT2D eigenvalue weighted by Gasteiger charge is 1.99. The molecule has 0 spiro atoms. The molecule has 21 heavy (non-hydrogen) atoms. The molecule has 0 aliphatic heterocycles. The fourth-order valence-corrected chi connectivity index (χ4v) is 0.730. The van der Waals surface area contributed by atoms with Crippen molar-refractivity contribution in [3.63, 3.8) is 0 Å². The van der Waals surface area contributed by atoms with Crippen LogP contribution >= 0.6 is 24.8 Å². The van der Waals surface area contributed by atoms with E-state index in [9.17, 15) is 9.59 Å². The van der Waals surface area contributed by atoms with Gasteiger partial charge in [0.25, 0.3) is 0 Å². The largest absolute Gasteiger partial charge is 0.461 e. The van der Waals surface area contributed by atoms with Gasteiger partial charge >= 0.3 is 5.97 Å². The SMILES string of the molecule is C=C(C)C(=O)NCCCN.C=C(C)C(=O)OCCN.Cl.Cl. The summed E-state index contributed by atoms with van der Waals surface area (Å²) in [4.78, 5) is 21.3. The number of nitrogens with two attached hydrogens (primary N) is 2. The molecule has 1 amide bonds. The third kappa shape index (κ3) is 21.4. The lowest BCUT2D eigenvalue weighted by Crippen LogP contribution is -2.26. The van der Waals surface area contributed by atoms with Crippen LogP contribution in [0.3, 0.4) is 0 Å². The number of carbonyl (C=O) groups excluding carboxylic acids is 2. The standard InChI is InChI=1S/C7H14N2O.C6H11NO2.2ClH/c1-6(2)7(10)9-5-3-4-8;1-5(2)6(8)9-4-3-7;;/h1,3-5,8H2,2H3,(H,9,10);1,3-4,7H2,2H3;2*1H. The number of ether oxygens (including phenoxy) is 1. The van der Waals surface area contributed by atoms with Gasteiger partial charge in [0.15, 0.2) is 0 Å². The monoisotopic (exact) mass is 343 g/mol. The van der Waals surface area contributed by atoms with E-state index in [2.05, 4.69) is 23.2 Å². The zero-order valence-electron chi connectivity index (χ0n) is 12.6. The highest BCUT2D eigenvalue weighted by Crippen LogP contribution is 1.89. The lowest BCUT2D eigenvalue weighted by Gasteiger charge is -2.01. The van der Waals surface area contributed by atoms with Gasteiger partial charge in [-0.15, -0.1) is 24.8 Å². The summed E-state index contributed by atoms with van der Waals surface area (Å²) in [6.45, 7) is 12.0. The molecule has 0 radical (unpaired) electrons. The maximum Gasteiger partial charge on any atom is 0.333 e. The normalized spacial score (nSPS) is 8.00. The first-order chi connectivity index (χ1) is 8.86. The zero-order chi connectivity index (χ0) is 15.3. The van der Waals surface area contributed by atoms with Crippen molar-refractivity contribution in [2.45, 2.75) is 20.3 Å². The molecule has 0 rings (SSSR count). The average molecular weight is 344 g/mol. The molecule has 126 valence electrons. The van der Waals surface area contributed by atoms with Gasteiger partial charge in [-0.05, 0) is 26.8 Å². The van der Waals surface area contributed by atoms with E-state index in [0.29, 0.717) is 30.8 Å². The van der Waals surface area contributed by atoms with E-state index < -0.39 is 0 Å². The molecule has 8 heteroatoms. The van der Waals surface area contributed by atoms with E-state index in [1.165, 1.54) is 0 Å². The number of nitrogens with one attached hydrogen (secondary N) is 1. The predicted octanol–water partition coefficient (Wildman–Crippen LogP) is 0.935. The molecule has 0 aliphatic rings. The molecule has 0 saturated heterocycles. The van der Waals surface area contributed by atoms with Crippen molar-refractivity contribution in [2.24, 2.45) is 11.5 Å². The first-order valence-electron chi connectivity index (χ1n) is 6.03. The molecule has 0 fully saturated rings. The summed E-state index contributed by atoms with van der Waals surface area (Å²) < 4.78 is 4.59. The number of amides is 1. The van der Waals surface area contributed by atoms with Crippen LogP contribution in [0.4, 0.5) is 0 Å². The van der Waals surface area contributed by atoms with Crippen LogP contribution in [0.15, 0.2) is 24.3 Å². The van der Waals surface area contributed by atoms with Gasteiger partial charge < -0.3 is 21.5 Å². The van der Waals surface area contributed by atoms with Crippen LogP contribution in [-0.2, 0) is 14.3 Å². The van der Waals surface area contributed by atoms with Gasteiger partial charge in [0, 0.05) is 24.2 Å². The van der Waals surface area contributed by atoms with Gasteiger partial charge in [-0.2, -0.15) is 0 Å². The zero-order valence-corrected chi connectivity index (χ0v) is 14.3. The van der Waals surface area contributed by atoms with Crippen molar-refractivity contribution >= 4 is 36.7 Å². The minimum absolute atomic E-state index is 0. The van der Waals surface area contributed by atoms with E-state index in [-0.39, 0.29) is 43.3 Å². The summed E-state index contributed by atoms with van der Waals surface area (Å²) in [7, 11) is 0. The quantitative estimate of drug-likeness (QED) is 0.362. The molecular formula is C13H27Cl2N3O3. The van der Waals surface area contributed by atoms with Crippen LogP contribution in [0, 0.1) is 0 Å². The molecule has 0 aliphatic carbocycles. The molecule has 0 atom stereocenters. The Hall–Kier alpha value is -1.08. The van der Waals surface area contributed by atoms with Crippen molar-refractivity contribution in [1.82, 2.24) is 5.32 Å². The molecule has 0 bridgehead atoms. The molecule has 0 aromatic heterocycles. The lowest BCUT2D eigenvalue weighted by atomic mass is 10.3. The van der Waals surface area contributed by atoms with Gasteiger partial charge in [0.1, 0.15) is 6.61 Å². The molecule has 0 unspecified atom stereocenters. The number of hydrogen-bond donors (Lipinski definition) is 3. The van der Waals surface area contributed by atoms with Crippen LogP contribution in [0.1, 0.15) is 20.3 Å². The Labute approximate surface area is 139 Å². The highest BCUT2D eigenvalue weighted by molar-refractivity contribution is 5.92. The molecule has 0 heterocycles. The Kier molecular flexibility index (Phi) is 25.3. The molecule has 0 saturated carbocycles. The number of hydrogen-bond acceptors (Lipinski definition) is 5. The van der Waals surface area contributed by atoms with Gasteiger partial charge in [-0.25, -0.2) is 4.79 Å². The van der Waals surface area contributed by atoms with Gasteiger partial charge in [0.05, 0.1) is 0 Å². The van der Waals surface area contributed by atoms with Crippen LogP contribution < -0.4 is 16.8 Å². The lowest BCUT2D eigenvalue weighted by molar-refractivity contribution is -0.138. The van der Waals surface area contributed by atoms with Crippen LogP contribution in [0.2, 0.25) is 0 Å². The van der Waals surface area contributed by atoms with Crippen LogP contribution in [-0.4, -0.2) is 38.1 Å². The summed E-state index contributed by atoms with van der Waals surface area (Å²) in [6.07, 6.45) is 0.818. The molecule has 6 nitrogen and oxygen atoms in total. The second kappa shape index (κ2) is 18.9. The summed E-state index contributed by atoms with van der Waals surface area (Å²) in [5, 5.41) is 2.66. The first kappa shape index (κ1) is 28.1. The summed E-state index contributed by atoms with van der Waals surface area (Å²) in [6, 6.07) is 0. The smallest absolute Gasteiger partial charge is 0.333 e. The fourth-order valence-electron chi connectivity index (χ4n) is 0.730. The molecule has 0 aromatic carbocycles. The van der Waals surface area contributed by atoms with Gasteiger partial charge in [0.2, 0.25) is 5.91 Å². The Morgan fingerprint density at radius 1 is 1.05 bits per heavy atom. The second-order valence-corrected chi connectivity index (χ2v) is 3.88. The number of rotatable bonds is 7. The van der Waals surface area contributed by atoms with Gasteiger partial charge in [-0.3, -0.25) is 4.79 Å². The van der Waals surface area contributed by atoms with E-state index in [0.717, 1.165) is 6.42 Å². The van der Waals surface area contributed by atoms with Crippen molar-refractivity contribution in [3.8, 4) is 0 Å². The number of esters is 1. The fraction of sp³-hybridized carbons (Fsp3) is 0.538. The van der Waals surface area contributed by atoms with Crippen molar-refractivity contribution in [3.05, 3.63) is 24.3 Å². The average Bonchev–Trinajstić information content (AvgIpc) is 2.36. The maximum absolute atomic E-state index is 10.8. The highest BCUT2D eigenvalue weighted by atomic mass is 35.5. The summed E-state index contributed by atoms with van der Waals surface area (Å²) in [5.41, 5.74) is 11.2. The summed E-state index contributed by atoms with van der Waals surface area (Å²) in [5.74, 6) is -0.464. The molecule has 0 aromatic rings. The van der Waals surface area contributed by atoms with Crippen molar-refractivity contribution in [2.75, 3.05) is 26.2 Å². The van der Waals surface area contributed by atoms with Gasteiger partial charge in [-0.1, -0.05) is 13.2 Å². The molecular weight excluding hydrogens is 317 g/mol. The maximum atomic E-state index is 10.8. The Balaban J connectivity index is -0.000000126. The van der Waals surface area contributed by atoms with E-state index in [1.807, 2.05) is 0 Å². The second-order valence-electron chi connectivity index (χ2n) is 3.88. The third-order valence-corrected chi connectivity index (χ3v) is 1.75. The predicted molar refractivity (Wildman–Crippen MR) is 90.8 cm³/mol. The summed E-state index contributed by atoms with van der Waals surface area (Å²) >= 11 is 0. The van der Waals surface area contributed by atoms with Crippen molar-refractivity contribution < 1.29 is 14.3 Å². The Bertz CT molecular complexity index is 324. The minimum Gasteiger partial charge on any atom is -0.461 e. The van der Waals surface area contributed by atoms with Crippen molar-refractivity contribution in [1.29, 1.82) is 0 Å². The third-order valence-electron chi connectivity index (χ3n) is 1.75. The van der Waals surface area contributed by atoms with E-state index >= 15 is 0 Å². The number of halogens is 2. The van der Waals surface area contributed by atoms with Crippen LogP contribution in [0.5, 0.6) is 0 Å². The van der Waals surface area contributed by atoms with E-state index in [4.69, 9.17) is 11.5 Å².